The number of rotatable bonds is 4. The van der Waals surface area contributed by atoms with Gasteiger partial charge in [0.05, 0.1) is 11.7 Å². The van der Waals surface area contributed by atoms with Gasteiger partial charge in [-0.3, -0.25) is 0 Å². The summed E-state index contributed by atoms with van der Waals surface area (Å²) in [4.78, 5) is 0. The smallest absolute Gasteiger partial charge is 0.0741 e. The fourth-order valence-electron chi connectivity index (χ4n) is 8.24. The summed E-state index contributed by atoms with van der Waals surface area (Å²) in [6, 6.07) is 0. The maximum absolute atomic E-state index is 12.6. The molecule has 3 aliphatic carbocycles. The largest absolute Gasteiger partial charge is 0.393 e. The molecule has 164 valence electrons. The van der Waals surface area contributed by atoms with E-state index in [4.69, 9.17) is 0 Å². The maximum atomic E-state index is 12.6. The molecular weight excluding hydrogens is 344 g/mol. The first-order chi connectivity index (χ1) is 13.1. The van der Waals surface area contributed by atoms with Crippen molar-refractivity contribution in [1.82, 2.24) is 0 Å². The van der Waals surface area contributed by atoms with Crippen LogP contribution in [0.4, 0.5) is 0 Å². The SMILES string of the molecule is CC1CCC(C(C)C)C(O)(C2(C3(C)CCC(C(C)C)C(O)C3)CCCCC2)C1. The highest BCUT2D eigenvalue weighted by molar-refractivity contribution is 5.14. The van der Waals surface area contributed by atoms with Crippen molar-refractivity contribution in [2.75, 3.05) is 0 Å². The molecule has 28 heavy (non-hydrogen) atoms. The molecule has 0 aromatic rings. The van der Waals surface area contributed by atoms with Crippen LogP contribution in [-0.2, 0) is 0 Å². The normalized spacial score (nSPS) is 44.8. The Labute approximate surface area is 174 Å². The number of hydrogen-bond acceptors (Lipinski definition) is 2. The van der Waals surface area contributed by atoms with Gasteiger partial charge in [-0.1, -0.05) is 67.2 Å². The molecule has 0 aromatic carbocycles. The molecule has 3 aliphatic rings. The second kappa shape index (κ2) is 8.22. The molecule has 3 rings (SSSR count). The Hall–Kier alpha value is -0.0800. The molecule has 6 atom stereocenters. The Morgan fingerprint density at radius 1 is 0.821 bits per heavy atom. The molecule has 6 unspecified atom stereocenters. The van der Waals surface area contributed by atoms with E-state index in [1.807, 2.05) is 0 Å². The Morgan fingerprint density at radius 2 is 1.46 bits per heavy atom. The summed E-state index contributed by atoms with van der Waals surface area (Å²) in [5.74, 6) is 2.51. The molecule has 0 amide bonds. The molecule has 2 N–H and O–H groups in total. The zero-order valence-electron chi connectivity index (χ0n) is 19.6. The van der Waals surface area contributed by atoms with Crippen molar-refractivity contribution in [2.24, 2.45) is 40.4 Å². The summed E-state index contributed by atoms with van der Waals surface area (Å²) in [6.45, 7) is 14.0. The van der Waals surface area contributed by atoms with Gasteiger partial charge in [0.15, 0.2) is 0 Å². The van der Waals surface area contributed by atoms with Crippen LogP contribution in [0.5, 0.6) is 0 Å². The van der Waals surface area contributed by atoms with E-state index in [0.29, 0.717) is 29.6 Å². The third-order valence-electron chi connectivity index (χ3n) is 9.78. The third-order valence-corrected chi connectivity index (χ3v) is 9.78. The fourth-order valence-corrected chi connectivity index (χ4v) is 8.24. The molecule has 0 bridgehead atoms. The van der Waals surface area contributed by atoms with Crippen molar-refractivity contribution in [2.45, 2.75) is 124 Å². The average molecular weight is 393 g/mol. The van der Waals surface area contributed by atoms with Crippen LogP contribution in [0, 0.1) is 40.4 Å². The van der Waals surface area contributed by atoms with Gasteiger partial charge >= 0.3 is 0 Å². The van der Waals surface area contributed by atoms with Crippen LogP contribution in [0.1, 0.15) is 112 Å². The Kier molecular flexibility index (Phi) is 6.63. The molecular formula is C26H48O2. The second-order valence-corrected chi connectivity index (χ2v) is 12.1. The van der Waals surface area contributed by atoms with Crippen LogP contribution in [0.25, 0.3) is 0 Å². The van der Waals surface area contributed by atoms with E-state index in [9.17, 15) is 10.2 Å². The summed E-state index contributed by atoms with van der Waals surface area (Å²) < 4.78 is 0. The van der Waals surface area contributed by atoms with Gasteiger partial charge in [0.25, 0.3) is 0 Å². The second-order valence-electron chi connectivity index (χ2n) is 12.1. The molecule has 2 nitrogen and oxygen atoms in total. The molecule has 2 heteroatoms. The first-order valence-corrected chi connectivity index (χ1v) is 12.5. The van der Waals surface area contributed by atoms with E-state index >= 15 is 0 Å². The predicted molar refractivity (Wildman–Crippen MR) is 118 cm³/mol. The predicted octanol–water partition coefficient (Wildman–Crippen LogP) is 6.58. The van der Waals surface area contributed by atoms with Crippen LogP contribution >= 0.6 is 0 Å². The van der Waals surface area contributed by atoms with Gasteiger partial charge in [0, 0.05) is 5.41 Å². The molecule has 3 saturated carbocycles. The molecule has 0 aromatic heterocycles. The van der Waals surface area contributed by atoms with Gasteiger partial charge in [-0.25, -0.2) is 0 Å². The lowest BCUT2D eigenvalue weighted by atomic mass is 9.41. The van der Waals surface area contributed by atoms with Gasteiger partial charge in [-0.2, -0.15) is 0 Å². The summed E-state index contributed by atoms with van der Waals surface area (Å²) in [5.41, 5.74) is -0.541. The van der Waals surface area contributed by atoms with E-state index in [1.165, 1.54) is 38.5 Å². The van der Waals surface area contributed by atoms with Crippen molar-refractivity contribution in [3.05, 3.63) is 0 Å². The maximum Gasteiger partial charge on any atom is 0.0741 e. The number of aliphatic hydroxyl groups excluding tert-OH is 1. The monoisotopic (exact) mass is 392 g/mol. The first kappa shape index (κ1) is 22.6. The minimum Gasteiger partial charge on any atom is -0.393 e. The highest BCUT2D eigenvalue weighted by Crippen LogP contribution is 2.67. The highest BCUT2D eigenvalue weighted by Gasteiger charge is 2.64. The minimum absolute atomic E-state index is 0.0230. The first-order valence-electron chi connectivity index (χ1n) is 12.5. The van der Waals surface area contributed by atoms with Crippen LogP contribution in [0.15, 0.2) is 0 Å². The van der Waals surface area contributed by atoms with Crippen LogP contribution in [-0.4, -0.2) is 21.9 Å². The Balaban J connectivity index is 2.02. The van der Waals surface area contributed by atoms with Gasteiger partial charge < -0.3 is 10.2 Å². The van der Waals surface area contributed by atoms with E-state index in [2.05, 4.69) is 41.5 Å². The van der Waals surface area contributed by atoms with Gasteiger partial charge in [-0.15, -0.1) is 0 Å². The molecule has 0 heterocycles. The molecule has 0 saturated heterocycles. The zero-order valence-corrected chi connectivity index (χ0v) is 19.6. The van der Waals surface area contributed by atoms with E-state index in [1.54, 1.807) is 0 Å². The van der Waals surface area contributed by atoms with Crippen LogP contribution in [0.3, 0.4) is 0 Å². The van der Waals surface area contributed by atoms with Crippen LogP contribution in [0.2, 0.25) is 0 Å². The number of aliphatic hydroxyl groups is 2. The van der Waals surface area contributed by atoms with Gasteiger partial charge in [-0.05, 0) is 80.0 Å². The fraction of sp³-hybridized carbons (Fsp3) is 1.00. The Morgan fingerprint density at radius 3 is 2.00 bits per heavy atom. The highest BCUT2D eigenvalue weighted by atomic mass is 16.3. The summed E-state index contributed by atoms with van der Waals surface area (Å²) >= 11 is 0. The average Bonchev–Trinajstić information content (AvgIpc) is 2.61. The topological polar surface area (TPSA) is 40.5 Å². The lowest BCUT2D eigenvalue weighted by Gasteiger charge is -2.66. The number of hydrogen-bond donors (Lipinski definition) is 2. The van der Waals surface area contributed by atoms with Gasteiger partial charge in [0.1, 0.15) is 0 Å². The third kappa shape index (κ3) is 3.59. The lowest BCUT2D eigenvalue weighted by Crippen LogP contribution is -2.65. The van der Waals surface area contributed by atoms with Crippen molar-refractivity contribution in [3.8, 4) is 0 Å². The quantitative estimate of drug-likeness (QED) is 0.567. The Bertz CT molecular complexity index is 521. The standard InChI is InChI=1S/C26H48O2/c1-18(2)21-12-15-24(6,17-23(21)27)25(13-8-7-9-14-25)26(28)16-20(5)10-11-22(26)19(3)4/h18-23,27-28H,7-17H2,1-6H3. The van der Waals surface area contributed by atoms with Crippen LogP contribution < -0.4 is 0 Å². The molecule has 0 spiro atoms. The minimum atomic E-state index is -0.571. The lowest BCUT2D eigenvalue weighted by molar-refractivity contribution is -0.242. The van der Waals surface area contributed by atoms with Crippen molar-refractivity contribution >= 4 is 0 Å². The van der Waals surface area contributed by atoms with Gasteiger partial charge in [0.2, 0.25) is 0 Å². The van der Waals surface area contributed by atoms with E-state index in [0.717, 1.165) is 32.1 Å². The molecule has 0 radical (unpaired) electrons. The summed E-state index contributed by atoms with van der Waals surface area (Å²) in [6.07, 6.45) is 12.5. The molecule has 3 fully saturated rings. The summed E-state index contributed by atoms with van der Waals surface area (Å²) in [7, 11) is 0. The van der Waals surface area contributed by atoms with Crippen molar-refractivity contribution < 1.29 is 10.2 Å². The van der Waals surface area contributed by atoms with E-state index in [-0.39, 0.29) is 16.9 Å². The molecule has 0 aliphatic heterocycles. The zero-order chi connectivity index (χ0) is 20.7. The van der Waals surface area contributed by atoms with E-state index < -0.39 is 5.60 Å². The van der Waals surface area contributed by atoms with Crippen molar-refractivity contribution in [3.63, 3.8) is 0 Å². The summed E-state index contributed by atoms with van der Waals surface area (Å²) in [5, 5.41) is 23.8. The van der Waals surface area contributed by atoms with Crippen molar-refractivity contribution in [1.29, 1.82) is 0 Å².